The van der Waals surface area contributed by atoms with Crippen molar-refractivity contribution in [1.29, 1.82) is 0 Å². The zero-order chi connectivity index (χ0) is 13.7. The molecule has 0 bridgehead atoms. The highest BCUT2D eigenvalue weighted by atomic mass is 16.4. The Labute approximate surface area is 109 Å². The summed E-state index contributed by atoms with van der Waals surface area (Å²) < 4.78 is 0. The van der Waals surface area contributed by atoms with Crippen molar-refractivity contribution in [3.8, 4) is 0 Å². The minimum Gasteiger partial charge on any atom is -0.481 e. The summed E-state index contributed by atoms with van der Waals surface area (Å²) in [5, 5.41) is 12.1. The van der Waals surface area contributed by atoms with Crippen LogP contribution in [0.3, 0.4) is 0 Å². The molecule has 0 radical (unpaired) electrons. The zero-order valence-corrected chi connectivity index (χ0v) is 11.5. The van der Waals surface area contributed by atoms with Gasteiger partial charge in [-0.2, -0.15) is 0 Å². The van der Waals surface area contributed by atoms with Crippen molar-refractivity contribution in [1.82, 2.24) is 10.2 Å². The quantitative estimate of drug-likeness (QED) is 0.763. The molecule has 3 unspecified atom stereocenters. The van der Waals surface area contributed by atoms with Gasteiger partial charge in [0.15, 0.2) is 0 Å². The van der Waals surface area contributed by atoms with Crippen LogP contribution in [-0.4, -0.2) is 48.6 Å². The fraction of sp³-hybridized carbons (Fsp3) is 0.846. The Hall–Kier alpha value is -1.10. The van der Waals surface area contributed by atoms with Crippen molar-refractivity contribution < 1.29 is 14.7 Å². The van der Waals surface area contributed by atoms with E-state index in [9.17, 15) is 9.59 Å². The number of carbonyl (C=O) groups is 2. The van der Waals surface area contributed by atoms with Crippen LogP contribution in [0.2, 0.25) is 0 Å². The van der Waals surface area contributed by atoms with Crippen LogP contribution in [0.15, 0.2) is 0 Å². The molecule has 0 spiro atoms. The first-order valence-corrected chi connectivity index (χ1v) is 6.63. The monoisotopic (exact) mass is 256 g/mol. The smallest absolute Gasteiger partial charge is 0.307 e. The standard InChI is InChI=1S/C13H24N2O3/c1-9(10(2)13(17)18)12(16)15-6-4-5-11(8-15)7-14-3/h9-11,14H,4-8H2,1-3H3,(H,17,18). The Kier molecular flexibility index (Phi) is 5.59. The highest BCUT2D eigenvalue weighted by Crippen LogP contribution is 2.21. The second kappa shape index (κ2) is 6.73. The largest absolute Gasteiger partial charge is 0.481 e. The van der Waals surface area contributed by atoms with Crippen molar-refractivity contribution in [2.45, 2.75) is 26.7 Å². The van der Waals surface area contributed by atoms with E-state index < -0.39 is 17.8 Å². The van der Waals surface area contributed by atoms with Gasteiger partial charge in [-0.25, -0.2) is 0 Å². The van der Waals surface area contributed by atoms with Gasteiger partial charge in [0.25, 0.3) is 0 Å². The Morgan fingerprint density at radius 1 is 1.39 bits per heavy atom. The summed E-state index contributed by atoms with van der Waals surface area (Å²) in [7, 11) is 1.91. The summed E-state index contributed by atoms with van der Waals surface area (Å²) in [6.07, 6.45) is 2.14. The van der Waals surface area contributed by atoms with Gasteiger partial charge in [0.2, 0.25) is 5.91 Å². The summed E-state index contributed by atoms with van der Waals surface area (Å²) >= 11 is 0. The predicted molar refractivity (Wildman–Crippen MR) is 69.2 cm³/mol. The highest BCUT2D eigenvalue weighted by Gasteiger charge is 2.31. The lowest BCUT2D eigenvalue weighted by atomic mass is 9.92. The molecule has 0 aromatic heterocycles. The maximum atomic E-state index is 12.2. The SMILES string of the molecule is CNCC1CCCN(C(=O)C(C)C(C)C(=O)O)C1. The maximum Gasteiger partial charge on any atom is 0.307 e. The van der Waals surface area contributed by atoms with Crippen LogP contribution < -0.4 is 5.32 Å². The number of likely N-dealkylation sites (tertiary alicyclic amines) is 1. The number of aliphatic carboxylic acids is 1. The molecule has 5 heteroatoms. The third kappa shape index (κ3) is 3.70. The molecule has 1 heterocycles. The van der Waals surface area contributed by atoms with Crippen LogP contribution in [0.25, 0.3) is 0 Å². The maximum absolute atomic E-state index is 12.2. The Bertz CT molecular complexity index is 305. The lowest BCUT2D eigenvalue weighted by Gasteiger charge is -2.35. The van der Waals surface area contributed by atoms with Gasteiger partial charge in [-0.15, -0.1) is 0 Å². The van der Waals surface area contributed by atoms with E-state index in [1.54, 1.807) is 13.8 Å². The predicted octanol–water partition coefficient (Wildman–Crippen LogP) is 0.801. The third-order valence-corrected chi connectivity index (χ3v) is 3.85. The molecule has 1 saturated heterocycles. The zero-order valence-electron chi connectivity index (χ0n) is 11.5. The number of nitrogens with one attached hydrogen (secondary N) is 1. The van der Waals surface area contributed by atoms with E-state index in [1.165, 1.54) is 0 Å². The first kappa shape index (κ1) is 15.0. The van der Waals surface area contributed by atoms with Crippen LogP contribution in [0, 0.1) is 17.8 Å². The highest BCUT2D eigenvalue weighted by molar-refractivity contribution is 5.84. The van der Waals surface area contributed by atoms with Gasteiger partial charge in [0.1, 0.15) is 0 Å². The van der Waals surface area contributed by atoms with Crippen molar-refractivity contribution in [3.05, 3.63) is 0 Å². The van der Waals surface area contributed by atoms with Crippen LogP contribution in [-0.2, 0) is 9.59 Å². The van der Waals surface area contributed by atoms with E-state index in [2.05, 4.69) is 5.32 Å². The molecule has 0 aliphatic carbocycles. The molecule has 0 aromatic carbocycles. The number of amides is 1. The molecule has 1 fully saturated rings. The number of hydrogen-bond acceptors (Lipinski definition) is 3. The number of rotatable bonds is 5. The topological polar surface area (TPSA) is 69.6 Å². The van der Waals surface area contributed by atoms with Crippen molar-refractivity contribution in [2.24, 2.45) is 17.8 Å². The van der Waals surface area contributed by atoms with Gasteiger partial charge < -0.3 is 15.3 Å². The molecule has 104 valence electrons. The molecule has 2 N–H and O–H groups in total. The van der Waals surface area contributed by atoms with Gasteiger partial charge in [-0.3, -0.25) is 9.59 Å². The lowest BCUT2D eigenvalue weighted by Crippen LogP contribution is -2.46. The lowest BCUT2D eigenvalue weighted by molar-refractivity contribution is -0.149. The Morgan fingerprint density at radius 3 is 2.61 bits per heavy atom. The molecule has 1 amide bonds. The molecular weight excluding hydrogens is 232 g/mol. The molecule has 1 aliphatic rings. The summed E-state index contributed by atoms with van der Waals surface area (Å²) in [6.45, 7) is 5.72. The van der Waals surface area contributed by atoms with Gasteiger partial charge >= 0.3 is 5.97 Å². The molecule has 5 nitrogen and oxygen atoms in total. The van der Waals surface area contributed by atoms with Crippen LogP contribution in [0.4, 0.5) is 0 Å². The van der Waals surface area contributed by atoms with E-state index in [-0.39, 0.29) is 5.91 Å². The normalized spacial score (nSPS) is 23.5. The number of nitrogens with zero attached hydrogens (tertiary/aromatic N) is 1. The first-order valence-electron chi connectivity index (χ1n) is 6.63. The van der Waals surface area contributed by atoms with Crippen molar-refractivity contribution >= 4 is 11.9 Å². The van der Waals surface area contributed by atoms with Crippen LogP contribution >= 0.6 is 0 Å². The van der Waals surface area contributed by atoms with Gasteiger partial charge in [-0.05, 0) is 32.4 Å². The number of hydrogen-bond donors (Lipinski definition) is 2. The molecule has 3 atom stereocenters. The van der Waals surface area contributed by atoms with Crippen LogP contribution in [0.1, 0.15) is 26.7 Å². The molecule has 0 saturated carbocycles. The summed E-state index contributed by atoms with van der Waals surface area (Å²) in [4.78, 5) is 25.0. The molecule has 1 aliphatic heterocycles. The second-order valence-electron chi connectivity index (χ2n) is 5.27. The van der Waals surface area contributed by atoms with Gasteiger partial charge in [-0.1, -0.05) is 13.8 Å². The van der Waals surface area contributed by atoms with Crippen LogP contribution in [0.5, 0.6) is 0 Å². The fourth-order valence-corrected chi connectivity index (χ4v) is 2.44. The third-order valence-electron chi connectivity index (χ3n) is 3.85. The van der Waals surface area contributed by atoms with Crippen molar-refractivity contribution in [2.75, 3.05) is 26.7 Å². The molecule has 1 rings (SSSR count). The molecule has 0 aromatic rings. The Balaban J connectivity index is 2.57. The van der Waals surface area contributed by atoms with Gasteiger partial charge in [0.05, 0.1) is 5.92 Å². The Morgan fingerprint density at radius 2 is 2.06 bits per heavy atom. The van der Waals surface area contributed by atoms with E-state index in [1.807, 2.05) is 11.9 Å². The summed E-state index contributed by atoms with van der Waals surface area (Å²) in [5.74, 6) is -1.51. The van der Waals surface area contributed by atoms with E-state index in [0.29, 0.717) is 5.92 Å². The average molecular weight is 256 g/mol. The van der Waals surface area contributed by atoms with Crippen molar-refractivity contribution in [3.63, 3.8) is 0 Å². The van der Waals surface area contributed by atoms with E-state index in [0.717, 1.165) is 32.5 Å². The number of carboxylic acids is 1. The fourth-order valence-electron chi connectivity index (χ4n) is 2.44. The number of carboxylic acid groups (broad SMARTS) is 1. The number of carbonyl (C=O) groups excluding carboxylic acids is 1. The summed E-state index contributed by atoms with van der Waals surface area (Å²) in [5.41, 5.74) is 0. The summed E-state index contributed by atoms with van der Waals surface area (Å²) in [6, 6.07) is 0. The first-order chi connectivity index (χ1) is 8.47. The minimum absolute atomic E-state index is 0.0225. The molecule has 18 heavy (non-hydrogen) atoms. The van der Waals surface area contributed by atoms with E-state index in [4.69, 9.17) is 5.11 Å². The average Bonchev–Trinajstić information content (AvgIpc) is 2.36. The number of piperidine rings is 1. The second-order valence-corrected chi connectivity index (χ2v) is 5.27. The molecular formula is C13H24N2O3. The van der Waals surface area contributed by atoms with E-state index >= 15 is 0 Å². The van der Waals surface area contributed by atoms with Gasteiger partial charge in [0, 0.05) is 19.0 Å². The minimum atomic E-state index is -0.903.